The van der Waals surface area contributed by atoms with Crippen LogP contribution in [0.15, 0.2) is 65.8 Å². The van der Waals surface area contributed by atoms with Crippen LogP contribution in [0.2, 0.25) is 0 Å². The number of hydrogen-bond acceptors (Lipinski definition) is 11. The first kappa shape index (κ1) is 22.9. The van der Waals surface area contributed by atoms with E-state index in [1.165, 1.54) is 18.3 Å². The highest BCUT2D eigenvalue weighted by molar-refractivity contribution is 6.02. The number of anilines is 4. The van der Waals surface area contributed by atoms with Crippen molar-refractivity contribution in [3.05, 3.63) is 76.3 Å². The average molecular weight is 486 g/mol. The van der Waals surface area contributed by atoms with Crippen molar-refractivity contribution in [2.75, 3.05) is 41.9 Å². The molecule has 5 rings (SSSR count). The van der Waals surface area contributed by atoms with Gasteiger partial charge in [-0.2, -0.15) is 20.1 Å². The summed E-state index contributed by atoms with van der Waals surface area (Å²) < 4.78 is 5.42. The van der Waals surface area contributed by atoms with Crippen molar-refractivity contribution in [1.29, 1.82) is 0 Å². The molecule has 2 heterocycles. The van der Waals surface area contributed by atoms with E-state index in [1.807, 2.05) is 35.2 Å². The second kappa shape index (κ2) is 10.2. The zero-order valence-electron chi connectivity index (χ0n) is 19.0. The van der Waals surface area contributed by atoms with Crippen LogP contribution in [0.4, 0.5) is 29.2 Å². The first-order valence-corrected chi connectivity index (χ1v) is 11.2. The second-order valence-corrected chi connectivity index (χ2v) is 7.90. The molecule has 1 fully saturated rings. The van der Waals surface area contributed by atoms with Gasteiger partial charge in [0, 0.05) is 36.5 Å². The third-order valence-corrected chi connectivity index (χ3v) is 5.54. The predicted octanol–water partition coefficient (Wildman–Crippen LogP) is 3.66. The summed E-state index contributed by atoms with van der Waals surface area (Å²) in [6.07, 6.45) is 1.50. The van der Waals surface area contributed by atoms with Crippen molar-refractivity contribution in [3.8, 4) is 5.75 Å². The van der Waals surface area contributed by atoms with Gasteiger partial charge in [0.15, 0.2) is 0 Å². The van der Waals surface area contributed by atoms with Gasteiger partial charge < -0.3 is 20.1 Å². The molecule has 0 atom stereocenters. The molecule has 1 aliphatic rings. The zero-order chi connectivity index (χ0) is 24.9. The van der Waals surface area contributed by atoms with Crippen molar-refractivity contribution < 1.29 is 14.8 Å². The lowest BCUT2D eigenvalue weighted by Gasteiger charge is -2.27. The van der Waals surface area contributed by atoms with Crippen molar-refractivity contribution in [1.82, 2.24) is 15.0 Å². The molecule has 3 aromatic carbocycles. The Morgan fingerprint density at radius 3 is 2.67 bits per heavy atom. The zero-order valence-corrected chi connectivity index (χ0v) is 19.0. The summed E-state index contributed by atoms with van der Waals surface area (Å²) in [4.78, 5) is 25.9. The number of phenols is 1. The number of ether oxygens (including phenoxy) is 1. The average Bonchev–Trinajstić information content (AvgIpc) is 2.90. The van der Waals surface area contributed by atoms with Crippen LogP contribution in [-0.2, 0) is 4.74 Å². The fourth-order valence-electron chi connectivity index (χ4n) is 3.78. The summed E-state index contributed by atoms with van der Waals surface area (Å²) in [7, 11) is 0. The van der Waals surface area contributed by atoms with Gasteiger partial charge in [0.2, 0.25) is 17.8 Å². The smallest absolute Gasteiger partial charge is 0.271 e. The number of non-ortho nitro benzene ring substituents is 1. The number of aromatic hydroxyl groups is 1. The van der Waals surface area contributed by atoms with Crippen LogP contribution in [0.1, 0.15) is 5.56 Å². The van der Waals surface area contributed by atoms with E-state index in [9.17, 15) is 15.2 Å². The number of benzene rings is 3. The van der Waals surface area contributed by atoms with Gasteiger partial charge in [-0.25, -0.2) is 5.43 Å². The maximum atomic E-state index is 11.1. The van der Waals surface area contributed by atoms with Crippen LogP contribution in [0.5, 0.6) is 5.75 Å². The minimum atomic E-state index is -0.470. The number of hydrazone groups is 1. The van der Waals surface area contributed by atoms with Gasteiger partial charge in [-0.05, 0) is 22.9 Å². The number of rotatable bonds is 7. The minimum absolute atomic E-state index is 0.0553. The molecule has 0 unspecified atom stereocenters. The van der Waals surface area contributed by atoms with E-state index in [0.717, 1.165) is 10.8 Å². The maximum Gasteiger partial charge on any atom is 0.271 e. The van der Waals surface area contributed by atoms with Crippen LogP contribution in [0.3, 0.4) is 0 Å². The molecular formula is C24H22N8O4. The van der Waals surface area contributed by atoms with Gasteiger partial charge in [0.1, 0.15) is 5.75 Å². The lowest BCUT2D eigenvalue weighted by Crippen LogP contribution is -2.37. The Hall–Kier alpha value is -4.84. The fraction of sp³-hybridized carbons (Fsp3) is 0.167. The van der Waals surface area contributed by atoms with Gasteiger partial charge in [-0.15, -0.1) is 0 Å². The Balaban J connectivity index is 1.44. The Morgan fingerprint density at radius 1 is 1.03 bits per heavy atom. The van der Waals surface area contributed by atoms with Crippen molar-refractivity contribution in [2.24, 2.45) is 5.10 Å². The first-order chi connectivity index (χ1) is 17.6. The van der Waals surface area contributed by atoms with Crippen molar-refractivity contribution in [2.45, 2.75) is 0 Å². The summed E-state index contributed by atoms with van der Waals surface area (Å²) in [5.74, 6) is 0.858. The summed E-state index contributed by atoms with van der Waals surface area (Å²) in [6.45, 7) is 2.29. The molecule has 12 heteroatoms. The topological polar surface area (TPSA) is 151 Å². The monoisotopic (exact) mass is 486 g/mol. The Labute approximate surface area is 205 Å². The third kappa shape index (κ3) is 5.13. The molecule has 36 heavy (non-hydrogen) atoms. The second-order valence-electron chi connectivity index (χ2n) is 7.90. The third-order valence-electron chi connectivity index (χ3n) is 5.54. The van der Waals surface area contributed by atoms with E-state index in [2.05, 4.69) is 30.8 Å². The summed E-state index contributed by atoms with van der Waals surface area (Å²) in [5.41, 5.74) is 3.77. The van der Waals surface area contributed by atoms with Crippen LogP contribution >= 0.6 is 0 Å². The minimum Gasteiger partial charge on any atom is -0.507 e. The molecule has 0 saturated carbocycles. The van der Waals surface area contributed by atoms with Crippen LogP contribution in [-0.4, -0.2) is 57.5 Å². The molecular weight excluding hydrogens is 464 g/mol. The summed E-state index contributed by atoms with van der Waals surface area (Å²) in [6, 6.07) is 17.2. The van der Waals surface area contributed by atoms with E-state index >= 15 is 0 Å². The molecule has 0 radical (unpaired) electrons. The van der Waals surface area contributed by atoms with E-state index in [0.29, 0.717) is 43.5 Å². The number of morpholine rings is 1. The molecule has 12 nitrogen and oxygen atoms in total. The van der Waals surface area contributed by atoms with Gasteiger partial charge >= 0.3 is 0 Å². The summed E-state index contributed by atoms with van der Waals surface area (Å²) >= 11 is 0. The standard InChI is InChI=1S/C24H22N8O4/c33-21-9-8-16-4-1-2-7-19(16)20(21)15-25-30-23-27-22(26-17-5-3-6-18(14-17)32(34)35)28-24(29-23)31-10-12-36-13-11-31/h1-9,14-15,33H,10-13H2,(H2,26,27,28,29,30). The van der Waals surface area contributed by atoms with E-state index in [-0.39, 0.29) is 23.3 Å². The number of nitro groups is 1. The summed E-state index contributed by atoms with van der Waals surface area (Å²) in [5, 5.41) is 30.6. The molecule has 0 bridgehead atoms. The molecule has 4 aromatic rings. The van der Waals surface area contributed by atoms with E-state index < -0.39 is 4.92 Å². The molecule has 1 aliphatic heterocycles. The first-order valence-electron chi connectivity index (χ1n) is 11.2. The molecule has 3 N–H and O–H groups in total. The SMILES string of the molecule is O=[N+]([O-])c1cccc(Nc2nc(NN=Cc3c(O)ccc4ccccc34)nc(N3CCOCC3)n2)c1. The predicted molar refractivity (Wildman–Crippen MR) is 136 cm³/mol. The van der Waals surface area contributed by atoms with Crippen molar-refractivity contribution in [3.63, 3.8) is 0 Å². The molecule has 1 saturated heterocycles. The Kier molecular flexibility index (Phi) is 6.49. The number of aromatic nitrogens is 3. The van der Waals surface area contributed by atoms with E-state index in [4.69, 9.17) is 4.74 Å². The molecule has 0 amide bonds. The van der Waals surface area contributed by atoms with Crippen LogP contribution in [0, 0.1) is 10.1 Å². The number of nitrogens with one attached hydrogen (secondary N) is 2. The van der Waals surface area contributed by atoms with Crippen LogP contribution in [0.25, 0.3) is 10.8 Å². The maximum absolute atomic E-state index is 11.1. The number of phenolic OH excluding ortho intramolecular Hbond substituents is 1. The molecule has 0 spiro atoms. The van der Waals surface area contributed by atoms with E-state index in [1.54, 1.807) is 18.2 Å². The van der Waals surface area contributed by atoms with Gasteiger partial charge in [0.05, 0.1) is 24.4 Å². The largest absolute Gasteiger partial charge is 0.507 e. The van der Waals surface area contributed by atoms with Crippen LogP contribution < -0.4 is 15.6 Å². The highest BCUT2D eigenvalue weighted by atomic mass is 16.6. The normalized spacial score (nSPS) is 13.7. The molecule has 0 aliphatic carbocycles. The Bertz CT molecular complexity index is 1440. The van der Waals surface area contributed by atoms with Gasteiger partial charge in [0.25, 0.3) is 5.69 Å². The van der Waals surface area contributed by atoms with Gasteiger partial charge in [-0.1, -0.05) is 36.4 Å². The molecule has 182 valence electrons. The number of nitro benzene ring substituents is 1. The fourth-order valence-corrected chi connectivity index (χ4v) is 3.78. The van der Waals surface area contributed by atoms with Gasteiger partial charge in [-0.3, -0.25) is 10.1 Å². The number of hydrogen-bond donors (Lipinski definition) is 3. The highest BCUT2D eigenvalue weighted by Crippen LogP contribution is 2.26. The molecule has 1 aromatic heterocycles. The lowest BCUT2D eigenvalue weighted by molar-refractivity contribution is -0.384. The quantitative estimate of drug-likeness (QED) is 0.200. The highest BCUT2D eigenvalue weighted by Gasteiger charge is 2.17. The Morgan fingerprint density at radius 2 is 1.83 bits per heavy atom. The lowest BCUT2D eigenvalue weighted by atomic mass is 10.0. The van der Waals surface area contributed by atoms with Crippen molar-refractivity contribution >= 4 is 46.2 Å². The number of nitrogens with zero attached hydrogens (tertiary/aromatic N) is 6. The number of fused-ring (bicyclic) bond motifs is 1.